The molecule has 2 N–H and O–H groups in total. The summed E-state index contributed by atoms with van der Waals surface area (Å²) >= 11 is 0. The normalized spacial score (nSPS) is 21.7. The summed E-state index contributed by atoms with van der Waals surface area (Å²) in [4.78, 5) is 22.6. The summed E-state index contributed by atoms with van der Waals surface area (Å²) in [5.41, 5.74) is 6.83. The second-order valence-corrected chi connectivity index (χ2v) is 6.43. The molecule has 1 atom stereocenters. The van der Waals surface area contributed by atoms with E-state index >= 15 is 0 Å². The number of nitrogens with two attached hydrogens (primary N) is 1. The third-order valence-corrected chi connectivity index (χ3v) is 4.57. The first kappa shape index (κ1) is 14.3. The van der Waals surface area contributed by atoms with Crippen molar-refractivity contribution in [3.05, 3.63) is 41.7 Å². The van der Waals surface area contributed by atoms with E-state index in [1.807, 2.05) is 16.9 Å². The number of carbonyl (C=O) groups excluding carboxylic acids is 1. The van der Waals surface area contributed by atoms with E-state index in [2.05, 4.69) is 20.0 Å². The van der Waals surface area contributed by atoms with Crippen molar-refractivity contribution in [1.82, 2.24) is 24.6 Å². The Kier molecular flexibility index (Phi) is 3.57. The zero-order valence-corrected chi connectivity index (χ0v) is 12.9. The Balaban J connectivity index is 1.40. The Morgan fingerprint density at radius 1 is 1.35 bits per heavy atom. The highest BCUT2D eigenvalue weighted by molar-refractivity contribution is 5.92. The molecule has 1 saturated heterocycles. The summed E-state index contributed by atoms with van der Waals surface area (Å²) in [6.07, 6.45) is 8.60. The van der Waals surface area contributed by atoms with Gasteiger partial charge in [-0.3, -0.25) is 14.4 Å². The smallest absolute Gasteiger partial charge is 0.251 e. The van der Waals surface area contributed by atoms with Gasteiger partial charge in [-0.15, -0.1) is 0 Å². The van der Waals surface area contributed by atoms with Crippen LogP contribution in [-0.4, -0.2) is 43.6 Å². The molecular formula is C16H20N6O. The van der Waals surface area contributed by atoms with E-state index in [9.17, 15) is 4.79 Å². The summed E-state index contributed by atoms with van der Waals surface area (Å²) in [6.45, 7) is 2.74. The first-order valence-corrected chi connectivity index (χ1v) is 8.07. The summed E-state index contributed by atoms with van der Waals surface area (Å²) in [6, 6.07) is 2.28. The lowest BCUT2D eigenvalue weighted by Gasteiger charge is -2.16. The molecule has 2 fully saturated rings. The molecule has 2 aromatic rings. The number of nitrogens with zero attached hydrogens (tertiary/aromatic N) is 5. The van der Waals surface area contributed by atoms with E-state index in [1.54, 1.807) is 6.20 Å². The number of likely N-dealkylation sites (tertiary alicyclic amines) is 1. The first-order valence-electron chi connectivity index (χ1n) is 8.07. The Morgan fingerprint density at radius 3 is 2.96 bits per heavy atom. The van der Waals surface area contributed by atoms with Crippen molar-refractivity contribution >= 4 is 5.91 Å². The zero-order chi connectivity index (χ0) is 15.8. The minimum Gasteiger partial charge on any atom is -0.366 e. The maximum atomic E-state index is 11.2. The number of carbonyl (C=O) groups is 1. The third-order valence-electron chi connectivity index (χ3n) is 4.57. The number of hydrogen-bond acceptors (Lipinski definition) is 5. The van der Waals surface area contributed by atoms with Gasteiger partial charge in [0.25, 0.3) is 5.91 Å². The topological polar surface area (TPSA) is 89.9 Å². The van der Waals surface area contributed by atoms with Crippen molar-refractivity contribution in [2.24, 2.45) is 5.73 Å². The zero-order valence-electron chi connectivity index (χ0n) is 12.9. The lowest BCUT2D eigenvalue weighted by Crippen LogP contribution is -2.22. The van der Waals surface area contributed by atoms with E-state index in [0.717, 1.165) is 37.6 Å². The SMILES string of the molecule is NC(=O)c1cnn(C2CCN(Cc3ccnc(C4CC4)n3)C2)c1. The lowest BCUT2D eigenvalue weighted by molar-refractivity contribution is 0.1000. The van der Waals surface area contributed by atoms with Crippen LogP contribution in [0.5, 0.6) is 0 Å². The van der Waals surface area contributed by atoms with Crippen LogP contribution in [0.3, 0.4) is 0 Å². The Hall–Kier alpha value is -2.28. The van der Waals surface area contributed by atoms with Gasteiger partial charge in [-0.05, 0) is 25.3 Å². The van der Waals surface area contributed by atoms with Gasteiger partial charge < -0.3 is 5.73 Å². The Morgan fingerprint density at radius 2 is 2.22 bits per heavy atom. The van der Waals surface area contributed by atoms with Crippen LogP contribution in [-0.2, 0) is 6.54 Å². The van der Waals surface area contributed by atoms with Gasteiger partial charge in [-0.1, -0.05) is 0 Å². The molecule has 7 heteroatoms. The molecule has 120 valence electrons. The van der Waals surface area contributed by atoms with Crippen molar-refractivity contribution < 1.29 is 4.79 Å². The van der Waals surface area contributed by atoms with Crippen LogP contribution in [0.15, 0.2) is 24.7 Å². The fraction of sp³-hybridized carbons (Fsp3) is 0.500. The van der Waals surface area contributed by atoms with Crippen molar-refractivity contribution in [2.45, 2.75) is 37.8 Å². The molecule has 7 nitrogen and oxygen atoms in total. The van der Waals surface area contributed by atoms with E-state index in [0.29, 0.717) is 11.5 Å². The van der Waals surface area contributed by atoms with Crippen LogP contribution in [0.1, 0.15) is 53.1 Å². The molecule has 1 saturated carbocycles. The standard InChI is InChI=1S/C16H20N6O/c17-15(23)12-7-19-22(8-12)14-4-6-21(10-14)9-13-3-5-18-16(20-13)11-1-2-11/h3,5,7-8,11,14H,1-2,4,6,9-10H2,(H2,17,23). The van der Waals surface area contributed by atoms with Gasteiger partial charge in [0.1, 0.15) is 5.82 Å². The van der Waals surface area contributed by atoms with Gasteiger partial charge in [0.05, 0.1) is 23.5 Å². The fourth-order valence-corrected chi connectivity index (χ4v) is 3.11. The van der Waals surface area contributed by atoms with Crippen LogP contribution < -0.4 is 5.73 Å². The fourth-order valence-electron chi connectivity index (χ4n) is 3.11. The number of primary amides is 1. The van der Waals surface area contributed by atoms with Gasteiger partial charge in [-0.25, -0.2) is 9.97 Å². The van der Waals surface area contributed by atoms with Crippen molar-refractivity contribution in [3.63, 3.8) is 0 Å². The summed E-state index contributed by atoms with van der Waals surface area (Å²) in [5, 5.41) is 4.27. The minimum atomic E-state index is -0.431. The molecule has 0 spiro atoms. The molecule has 23 heavy (non-hydrogen) atoms. The van der Waals surface area contributed by atoms with Gasteiger partial charge in [0.15, 0.2) is 0 Å². The van der Waals surface area contributed by atoms with E-state index in [-0.39, 0.29) is 6.04 Å². The number of amides is 1. The summed E-state index contributed by atoms with van der Waals surface area (Å²) < 4.78 is 1.86. The van der Waals surface area contributed by atoms with Gasteiger partial charge in [0.2, 0.25) is 0 Å². The molecule has 3 heterocycles. The molecule has 0 radical (unpaired) electrons. The average Bonchev–Trinajstić information content (AvgIpc) is 3.08. The molecule has 0 aromatic carbocycles. The van der Waals surface area contributed by atoms with Crippen molar-refractivity contribution in [1.29, 1.82) is 0 Å². The Labute approximate surface area is 134 Å². The molecule has 2 aromatic heterocycles. The van der Waals surface area contributed by atoms with E-state index < -0.39 is 5.91 Å². The molecule has 1 amide bonds. The molecular weight excluding hydrogens is 292 g/mol. The second kappa shape index (κ2) is 5.73. The highest BCUT2D eigenvalue weighted by atomic mass is 16.1. The summed E-state index contributed by atoms with van der Waals surface area (Å²) in [5.74, 6) is 1.15. The monoisotopic (exact) mass is 312 g/mol. The average molecular weight is 312 g/mol. The molecule has 2 aliphatic rings. The maximum absolute atomic E-state index is 11.2. The highest BCUT2D eigenvalue weighted by Gasteiger charge is 2.28. The third kappa shape index (κ3) is 3.10. The minimum absolute atomic E-state index is 0.285. The van der Waals surface area contributed by atoms with Crippen LogP contribution >= 0.6 is 0 Å². The van der Waals surface area contributed by atoms with Gasteiger partial charge >= 0.3 is 0 Å². The molecule has 1 unspecified atom stereocenters. The first-order chi connectivity index (χ1) is 11.2. The number of rotatable bonds is 5. The Bertz CT molecular complexity index is 723. The van der Waals surface area contributed by atoms with Crippen molar-refractivity contribution in [2.75, 3.05) is 13.1 Å². The molecule has 1 aliphatic carbocycles. The van der Waals surface area contributed by atoms with E-state index in [4.69, 9.17) is 5.73 Å². The number of aromatic nitrogens is 4. The largest absolute Gasteiger partial charge is 0.366 e. The quantitative estimate of drug-likeness (QED) is 0.893. The van der Waals surface area contributed by atoms with Gasteiger partial charge in [-0.2, -0.15) is 5.10 Å². The van der Waals surface area contributed by atoms with E-state index in [1.165, 1.54) is 19.0 Å². The summed E-state index contributed by atoms with van der Waals surface area (Å²) in [7, 11) is 0. The van der Waals surface area contributed by atoms with Crippen LogP contribution in [0.4, 0.5) is 0 Å². The molecule has 0 bridgehead atoms. The van der Waals surface area contributed by atoms with Gasteiger partial charge in [0, 0.05) is 37.9 Å². The predicted molar refractivity (Wildman–Crippen MR) is 83.7 cm³/mol. The number of hydrogen-bond donors (Lipinski definition) is 1. The van der Waals surface area contributed by atoms with Crippen LogP contribution in [0.25, 0.3) is 0 Å². The maximum Gasteiger partial charge on any atom is 0.251 e. The van der Waals surface area contributed by atoms with Crippen molar-refractivity contribution in [3.8, 4) is 0 Å². The lowest BCUT2D eigenvalue weighted by atomic mass is 10.2. The van der Waals surface area contributed by atoms with Crippen LogP contribution in [0.2, 0.25) is 0 Å². The molecule has 1 aliphatic heterocycles. The predicted octanol–water partition coefficient (Wildman–Crippen LogP) is 1.10. The van der Waals surface area contributed by atoms with Crippen LogP contribution in [0, 0.1) is 0 Å². The second-order valence-electron chi connectivity index (χ2n) is 6.43. The molecule has 4 rings (SSSR count). The highest BCUT2D eigenvalue weighted by Crippen LogP contribution is 2.37.